The zero-order chi connectivity index (χ0) is 25.0. The molecule has 0 spiro atoms. The smallest absolute Gasteiger partial charge is 0.314 e. The zero-order valence-corrected chi connectivity index (χ0v) is 21.0. The number of ether oxygens (including phenoxy) is 1. The molecule has 0 radical (unpaired) electrons. The molecule has 0 aliphatic rings. The molecule has 0 aromatic carbocycles. The monoisotopic (exact) mass is 475 g/mol. The van der Waals surface area contributed by atoms with Gasteiger partial charge in [-0.25, -0.2) is 4.79 Å². The molecule has 0 aliphatic carbocycles. The van der Waals surface area contributed by atoms with Gasteiger partial charge in [-0.05, 0) is 38.9 Å². The van der Waals surface area contributed by atoms with Crippen LogP contribution in [0.15, 0.2) is 0 Å². The summed E-state index contributed by atoms with van der Waals surface area (Å²) in [5.41, 5.74) is 5.29. The first-order chi connectivity index (χ1) is 16.1. The Labute approximate surface area is 200 Å². The molecular weight excluding hydrogens is 426 g/mol. The van der Waals surface area contributed by atoms with E-state index in [0.717, 1.165) is 32.5 Å². The Morgan fingerprint density at radius 3 is 1.97 bits per heavy atom. The number of urea groups is 1. The van der Waals surface area contributed by atoms with E-state index >= 15 is 0 Å². The number of carbonyl (C=O) groups is 3. The van der Waals surface area contributed by atoms with Crippen LogP contribution in [0, 0.1) is 0 Å². The Balaban J connectivity index is 0. The molecule has 0 saturated heterocycles. The third-order valence-corrected chi connectivity index (χ3v) is 4.17. The van der Waals surface area contributed by atoms with E-state index in [-0.39, 0.29) is 24.3 Å². The van der Waals surface area contributed by atoms with Crippen LogP contribution in [0.25, 0.3) is 0 Å². The van der Waals surface area contributed by atoms with Gasteiger partial charge in [-0.1, -0.05) is 20.8 Å². The maximum absolute atomic E-state index is 11.7. The van der Waals surface area contributed by atoms with E-state index in [1.165, 1.54) is 0 Å². The fourth-order valence-corrected chi connectivity index (χ4v) is 2.48. The predicted molar refractivity (Wildman–Crippen MR) is 133 cm³/mol. The molecule has 0 bridgehead atoms. The van der Waals surface area contributed by atoms with Gasteiger partial charge in [-0.3, -0.25) is 9.59 Å². The largest absolute Gasteiger partial charge is 0.379 e. The molecule has 0 aliphatic heterocycles. The van der Waals surface area contributed by atoms with Crippen LogP contribution in [0.4, 0.5) is 4.79 Å². The maximum atomic E-state index is 11.7. The second-order valence-electron chi connectivity index (χ2n) is 6.95. The van der Waals surface area contributed by atoms with Crippen molar-refractivity contribution in [2.45, 2.75) is 52.9 Å². The average molecular weight is 476 g/mol. The normalized spacial score (nSPS) is 10.1. The van der Waals surface area contributed by atoms with Crippen LogP contribution in [0.3, 0.4) is 0 Å². The molecule has 0 aromatic rings. The minimum Gasteiger partial charge on any atom is -0.379 e. The first-order valence-electron chi connectivity index (χ1n) is 12.3. The molecule has 4 amide bonds. The summed E-state index contributed by atoms with van der Waals surface area (Å²) in [7, 11) is 0. The summed E-state index contributed by atoms with van der Waals surface area (Å²) < 4.78 is 5.28. The van der Waals surface area contributed by atoms with Crippen LogP contribution in [0.1, 0.15) is 52.9 Å². The molecule has 0 fully saturated rings. The van der Waals surface area contributed by atoms with E-state index in [1.807, 2.05) is 13.8 Å². The lowest BCUT2D eigenvalue weighted by Crippen LogP contribution is -2.39. The number of nitrogens with one attached hydrogen (secondary N) is 6. The zero-order valence-electron chi connectivity index (χ0n) is 21.0. The molecule has 11 nitrogen and oxygen atoms in total. The topological polar surface area (TPSA) is 159 Å². The van der Waals surface area contributed by atoms with Gasteiger partial charge < -0.3 is 42.4 Å². The van der Waals surface area contributed by atoms with Crippen molar-refractivity contribution in [3.63, 3.8) is 0 Å². The van der Waals surface area contributed by atoms with E-state index in [4.69, 9.17) is 10.5 Å². The Bertz CT molecular complexity index is 468. The Kier molecular flexibility index (Phi) is 28.3. The van der Waals surface area contributed by atoms with Gasteiger partial charge in [0, 0.05) is 52.1 Å². The number of hydrogen-bond acceptors (Lipinski definition) is 7. The Morgan fingerprint density at radius 2 is 1.27 bits per heavy atom. The summed E-state index contributed by atoms with van der Waals surface area (Å²) in [5.74, 6) is -0.0893. The number of amides is 4. The van der Waals surface area contributed by atoms with Crippen molar-refractivity contribution in [2.24, 2.45) is 5.73 Å². The van der Waals surface area contributed by atoms with E-state index in [0.29, 0.717) is 65.3 Å². The van der Waals surface area contributed by atoms with Crippen LogP contribution in [0.5, 0.6) is 0 Å². The lowest BCUT2D eigenvalue weighted by Gasteiger charge is -2.09. The molecular formula is C22H49N7O4. The molecule has 0 saturated carbocycles. The second-order valence-corrected chi connectivity index (χ2v) is 6.95. The SMILES string of the molecule is CC.CCNCCCCNCCC(=O)NCCCNC(=O)NCCOCCC(=O)NCCN. The molecule has 0 unspecified atom stereocenters. The van der Waals surface area contributed by atoms with Crippen LogP contribution in [-0.4, -0.2) is 90.0 Å². The molecule has 0 heterocycles. The van der Waals surface area contributed by atoms with Gasteiger partial charge in [0.2, 0.25) is 11.8 Å². The quantitative estimate of drug-likeness (QED) is 0.112. The molecule has 33 heavy (non-hydrogen) atoms. The van der Waals surface area contributed by atoms with Gasteiger partial charge in [-0.15, -0.1) is 0 Å². The number of hydrogen-bond donors (Lipinski definition) is 7. The first-order valence-corrected chi connectivity index (χ1v) is 12.3. The summed E-state index contributed by atoms with van der Waals surface area (Å²) in [6.07, 6.45) is 3.61. The van der Waals surface area contributed by atoms with Crippen molar-refractivity contribution in [3.8, 4) is 0 Å². The highest BCUT2D eigenvalue weighted by Gasteiger charge is 2.02. The third kappa shape index (κ3) is 28.0. The fourth-order valence-electron chi connectivity index (χ4n) is 2.48. The number of nitrogens with two attached hydrogens (primary N) is 1. The summed E-state index contributed by atoms with van der Waals surface area (Å²) >= 11 is 0. The van der Waals surface area contributed by atoms with Gasteiger partial charge in [0.15, 0.2) is 0 Å². The highest BCUT2D eigenvalue weighted by Crippen LogP contribution is 1.86. The summed E-state index contributed by atoms with van der Waals surface area (Å²) in [5, 5.41) is 17.4. The van der Waals surface area contributed by atoms with Crippen LogP contribution in [-0.2, 0) is 14.3 Å². The molecule has 0 atom stereocenters. The van der Waals surface area contributed by atoms with E-state index < -0.39 is 0 Å². The van der Waals surface area contributed by atoms with Gasteiger partial charge in [0.25, 0.3) is 0 Å². The molecule has 0 rings (SSSR count). The number of rotatable bonds is 21. The minimum atomic E-state index is -0.283. The number of unbranched alkanes of at least 4 members (excludes halogenated alkanes) is 1. The van der Waals surface area contributed by atoms with Gasteiger partial charge in [0.1, 0.15) is 0 Å². The van der Waals surface area contributed by atoms with Gasteiger partial charge in [0.05, 0.1) is 13.2 Å². The minimum absolute atomic E-state index is 0.0125. The predicted octanol–water partition coefficient (Wildman–Crippen LogP) is -0.331. The fraction of sp³-hybridized carbons (Fsp3) is 0.864. The summed E-state index contributed by atoms with van der Waals surface area (Å²) in [6, 6.07) is -0.283. The average Bonchev–Trinajstić information content (AvgIpc) is 2.82. The molecule has 8 N–H and O–H groups in total. The lowest BCUT2D eigenvalue weighted by atomic mass is 10.3. The van der Waals surface area contributed by atoms with Crippen LogP contribution in [0.2, 0.25) is 0 Å². The van der Waals surface area contributed by atoms with Gasteiger partial charge in [-0.2, -0.15) is 0 Å². The number of carbonyl (C=O) groups excluding carboxylic acids is 3. The highest BCUT2D eigenvalue weighted by molar-refractivity contribution is 5.76. The van der Waals surface area contributed by atoms with Crippen molar-refractivity contribution in [1.29, 1.82) is 0 Å². The van der Waals surface area contributed by atoms with Crippen molar-refractivity contribution >= 4 is 17.8 Å². The molecule has 11 heteroatoms. The van der Waals surface area contributed by atoms with E-state index in [2.05, 4.69) is 38.8 Å². The standard InChI is InChI=1S/C20H43N7O4.C2H6/c1-2-22-9-3-4-10-23-13-6-18(28)24-11-5-12-26-20(30)27-15-17-31-16-7-19(29)25-14-8-21;1-2/h22-23H,2-17,21H2,1H3,(H,24,28)(H,25,29)(H2,26,27,30);1-2H3. The van der Waals surface area contributed by atoms with Crippen molar-refractivity contribution < 1.29 is 19.1 Å². The molecule has 196 valence electrons. The molecule has 0 aromatic heterocycles. The Morgan fingerprint density at radius 1 is 0.667 bits per heavy atom. The van der Waals surface area contributed by atoms with E-state index in [9.17, 15) is 14.4 Å². The summed E-state index contributed by atoms with van der Waals surface area (Å²) in [4.78, 5) is 34.7. The van der Waals surface area contributed by atoms with Crippen LogP contribution < -0.4 is 37.6 Å². The summed E-state index contributed by atoms with van der Waals surface area (Å²) in [6.45, 7) is 12.6. The first kappa shape index (κ1) is 33.2. The second kappa shape index (κ2) is 28.1. The van der Waals surface area contributed by atoms with E-state index in [1.54, 1.807) is 0 Å². The third-order valence-electron chi connectivity index (χ3n) is 4.17. The van der Waals surface area contributed by atoms with Crippen molar-refractivity contribution in [2.75, 3.05) is 72.1 Å². The maximum Gasteiger partial charge on any atom is 0.314 e. The lowest BCUT2D eigenvalue weighted by molar-refractivity contribution is -0.122. The van der Waals surface area contributed by atoms with Crippen molar-refractivity contribution in [1.82, 2.24) is 31.9 Å². The van der Waals surface area contributed by atoms with Gasteiger partial charge >= 0.3 is 6.03 Å². The van der Waals surface area contributed by atoms with Crippen molar-refractivity contribution in [3.05, 3.63) is 0 Å². The van der Waals surface area contributed by atoms with Crippen LogP contribution >= 0.6 is 0 Å². The highest BCUT2D eigenvalue weighted by atomic mass is 16.5. The Hall–Kier alpha value is -1.95.